The van der Waals surface area contributed by atoms with Gasteiger partial charge in [-0.1, -0.05) is 23.7 Å². The van der Waals surface area contributed by atoms with E-state index in [-0.39, 0.29) is 12.2 Å². The van der Waals surface area contributed by atoms with Crippen molar-refractivity contribution in [2.75, 3.05) is 5.32 Å². The molecule has 116 valence electrons. The van der Waals surface area contributed by atoms with Gasteiger partial charge in [-0.2, -0.15) is 13.2 Å². The standard InChI is InChI=1S/C15H12ClF3N2O/c16-12-3-1-2-10(8-12)9-20-14(22)21-13-6-4-11(5-7-13)15(17,18)19/h1-8H,9H2,(H2,20,21,22). The number of rotatable bonds is 3. The van der Waals surface area contributed by atoms with E-state index in [0.717, 1.165) is 17.7 Å². The largest absolute Gasteiger partial charge is 0.416 e. The lowest BCUT2D eigenvalue weighted by atomic mass is 10.2. The SMILES string of the molecule is O=C(NCc1cccc(Cl)c1)Nc1ccc(C(F)(F)F)cc1. The summed E-state index contributed by atoms with van der Waals surface area (Å²) in [6.45, 7) is 0.257. The molecule has 0 saturated carbocycles. The van der Waals surface area contributed by atoms with Gasteiger partial charge in [0.25, 0.3) is 0 Å². The monoisotopic (exact) mass is 328 g/mol. The van der Waals surface area contributed by atoms with E-state index in [9.17, 15) is 18.0 Å². The summed E-state index contributed by atoms with van der Waals surface area (Å²) >= 11 is 5.82. The van der Waals surface area contributed by atoms with Crippen molar-refractivity contribution < 1.29 is 18.0 Å². The lowest BCUT2D eigenvalue weighted by Crippen LogP contribution is -2.28. The highest BCUT2D eigenvalue weighted by molar-refractivity contribution is 6.30. The van der Waals surface area contributed by atoms with Gasteiger partial charge < -0.3 is 10.6 Å². The first-order chi connectivity index (χ1) is 10.3. The first-order valence-corrected chi connectivity index (χ1v) is 6.69. The summed E-state index contributed by atoms with van der Waals surface area (Å²) in [7, 11) is 0. The first kappa shape index (κ1) is 16.2. The van der Waals surface area contributed by atoms with Gasteiger partial charge in [0.2, 0.25) is 0 Å². The second-order valence-electron chi connectivity index (χ2n) is 4.51. The van der Waals surface area contributed by atoms with Gasteiger partial charge in [0, 0.05) is 17.3 Å². The molecule has 0 heterocycles. The summed E-state index contributed by atoms with van der Waals surface area (Å²) in [4.78, 5) is 11.7. The number of halogens is 4. The van der Waals surface area contributed by atoms with Crippen LogP contribution in [0.3, 0.4) is 0 Å². The summed E-state index contributed by atoms with van der Waals surface area (Å²) in [6.07, 6.45) is -4.40. The maximum absolute atomic E-state index is 12.4. The Labute approximate surface area is 130 Å². The van der Waals surface area contributed by atoms with Crippen LogP contribution in [-0.4, -0.2) is 6.03 Å². The molecule has 2 amide bonds. The van der Waals surface area contributed by atoms with Crippen LogP contribution in [0.5, 0.6) is 0 Å². The zero-order chi connectivity index (χ0) is 16.2. The minimum atomic E-state index is -4.40. The topological polar surface area (TPSA) is 41.1 Å². The van der Waals surface area contributed by atoms with Crippen molar-refractivity contribution in [3.63, 3.8) is 0 Å². The van der Waals surface area contributed by atoms with Crippen molar-refractivity contribution >= 4 is 23.3 Å². The Hall–Kier alpha value is -2.21. The van der Waals surface area contributed by atoms with E-state index >= 15 is 0 Å². The van der Waals surface area contributed by atoms with Gasteiger partial charge in [-0.05, 0) is 42.0 Å². The van der Waals surface area contributed by atoms with Gasteiger partial charge in [0.1, 0.15) is 0 Å². The third kappa shape index (κ3) is 4.66. The normalized spacial score (nSPS) is 11.1. The van der Waals surface area contributed by atoms with Crippen molar-refractivity contribution in [3.05, 3.63) is 64.7 Å². The zero-order valence-electron chi connectivity index (χ0n) is 11.2. The molecular formula is C15H12ClF3N2O. The minimum absolute atomic E-state index is 0.257. The second-order valence-corrected chi connectivity index (χ2v) is 4.95. The summed E-state index contributed by atoms with van der Waals surface area (Å²) < 4.78 is 37.2. The van der Waals surface area contributed by atoms with E-state index in [1.54, 1.807) is 24.3 Å². The third-order valence-corrected chi connectivity index (χ3v) is 3.05. The Balaban J connectivity index is 1.89. The molecule has 0 aliphatic heterocycles. The van der Waals surface area contributed by atoms with E-state index < -0.39 is 17.8 Å². The highest BCUT2D eigenvalue weighted by Crippen LogP contribution is 2.29. The van der Waals surface area contributed by atoms with Gasteiger partial charge in [-0.25, -0.2) is 4.79 Å². The van der Waals surface area contributed by atoms with Gasteiger partial charge in [-0.15, -0.1) is 0 Å². The van der Waals surface area contributed by atoms with E-state index in [2.05, 4.69) is 10.6 Å². The number of alkyl halides is 3. The Kier molecular flexibility index (Phi) is 4.92. The van der Waals surface area contributed by atoms with E-state index in [0.29, 0.717) is 5.02 Å². The fraction of sp³-hybridized carbons (Fsp3) is 0.133. The molecule has 0 fully saturated rings. The molecule has 0 radical (unpaired) electrons. The average Bonchev–Trinajstić information content (AvgIpc) is 2.45. The van der Waals surface area contributed by atoms with Gasteiger partial charge >= 0.3 is 12.2 Å². The second kappa shape index (κ2) is 6.70. The molecule has 0 saturated heterocycles. The molecule has 22 heavy (non-hydrogen) atoms. The van der Waals surface area contributed by atoms with Crippen LogP contribution in [0.4, 0.5) is 23.7 Å². The molecule has 0 aliphatic carbocycles. The van der Waals surface area contributed by atoms with Crippen molar-refractivity contribution in [1.82, 2.24) is 5.32 Å². The molecule has 0 aromatic heterocycles. The molecule has 0 aliphatic rings. The molecule has 0 bridgehead atoms. The Bertz CT molecular complexity index is 657. The van der Waals surface area contributed by atoms with Crippen molar-refractivity contribution in [2.24, 2.45) is 0 Å². The maximum Gasteiger partial charge on any atom is 0.416 e. The molecular weight excluding hydrogens is 317 g/mol. The van der Waals surface area contributed by atoms with Crippen molar-refractivity contribution in [3.8, 4) is 0 Å². The fourth-order valence-electron chi connectivity index (χ4n) is 1.75. The first-order valence-electron chi connectivity index (χ1n) is 6.31. The Morgan fingerprint density at radius 2 is 1.77 bits per heavy atom. The lowest BCUT2D eigenvalue weighted by molar-refractivity contribution is -0.137. The number of benzene rings is 2. The molecule has 2 aromatic carbocycles. The smallest absolute Gasteiger partial charge is 0.334 e. The molecule has 2 aromatic rings. The predicted octanol–water partition coefficient (Wildman–Crippen LogP) is 4.68. The van der Waals surface area contributed by atoms with Gasteiger partial charge in [0.15, 0.2) is 0 Å². The van der Waals surface area contributed by atoms with E-state index in [1.807, 2.05) is 0 Å². The third-order valence-electron chi connectivity index (χ3n) is 2.81. The van der Waals surface area contributed by atoms with Crippen LogP contribution < -0.4 is 10.6 Å². The van der Waals surface area contributed by atoms with Crippen LogP contribution in [0.2, 0.25) is 5.02 Å². The maximum atomic E-state index is 12.4. The molecule has 0 spiro atoms. The van der Waals surface area contributed by atoms with Crippen LogP contribution in [0.25, 0.3) is 0 Å². The zero-order valence-corrected chi connectivity index (χ0v) is 12.0. The summed E-state index contributed by atoms with van der Waals surface area (Å²) in [5, 5.41) is 5.60. The van der Waals surface area contributed by atoms with Gasteiger partial charge in [0.05, 0.1) is 5.56 Å². The summed E-state index contributed by atoms with van der Waals surface area (Å²) in [5.41, 5.74) is 0.323. The molecule has 0 atom stereocenters. The highest BCUT2D eigenvalue weighted by Gasteiger charge is 2.29. The fourth-order valence-corrected chi connectivity index (χ4v) is 1.96. The summed E-state index contributed by atoms with van der Waals surface area (Å²) in [6, 6.07) is 10.7. The number of anilines is 1. The highest BCUT2D eigenvalue weighted by atomic mass is 35.5. The Morgan fingerprint density at radius 1 is 1.09 bits per heavy atom. The molecule has 3 nitrogen and oxygen atoms in total. The average molecular weight is 329 g/mol. The number of hydrogen-bond donors (Lipinski definition) is 2. The van der Waals surface area contributed by atoms with E-state index in [1.165, 1.54) is 12.1 Å². The Morgan fingerprint density at radius 3 is 2.36 bits per heavy atom. The lowest BCUT2D eigenvalue weighted by Gasteiger charge is -2.10. The van der Waals surface area contributed by atoms with Crippen molar-refractivity contribution in [1.29, 1.82) is 0 Å². The molecule has 7 heteroatoms. The number of carbonyl (C=O) groups is 1. The number of hydrogen-bond acceptors (Lipinski definition) is 1. The van der Waals surface area contributed by atoms with Crippen molar-refractivity contribution in [2.45, 2.75) is 12.7 Å². The molecule has 2 N–H and O–H groups in total. The van der Waals surface area contributed by atoms with Crippen LogP contribution >= 0.6 is 11.6 Å². The quantitative estimate of drug-likeness (QED) is 0.844. The van der Waals surface area contributed by atoms with E-state index in [4.69, 9.17) is 11.6 Å². The van der Waals surface area contributed by atoms with Gasteiger partial charge in [-0.3, -0.25) is 0 Å². The predicted molar refractivity (Wildman–Crippen MR) is 78.8 cm³/mol. The van der Waals surface area contributed by atoms with Crippen LogP contribution in [0.15, 0.2) is 48.5 Å². The molecule has 2 rings (SSSR count). The number of nitrogens with one attached hydrogen (secondary N) is 2. The minimum Gasteiger partial charge on any atom is -0.334 e. The van der Waals surface area contributed by atoms with Crippen LogP contribution in [-0.2, 0) is 12.7 Å². The number of carbonyl (C=O) groups excluding carboxylic acids is 1. The van der Waals surface area contributed by atoms with Crippen LogP contribution in [0.1, 0.15) is 11.1 Å². The molecule has 0 unspecified atom stereocenters. The van der Waals surface area contributed by atoms with Crippen LogP contribution in [0, 0.1) is 0 Å². The number of amides is 2. The summed E-state index contributed by atoms with van der Waals surface area (Å²) in [5.74, 6) is 0. The number of urea groups is 1.